The monoisotopic (exact) mass is 302 g/mol. The molecule has 7 heteroatoms. The minimum Gasteiger partial charge on any atom is -0.447 e. The van der Waals surface area contributed by atoms with Crippen LogP contribution in [0.4, 0.5) is 0 Å². The second kappa shape index (κ2) is 6.71. The van der Waals surface area contributed by atoms with E-state index in [1.54, 1.807) is 13.1 Å². The molecule has 1 aromatic heterocycles. The van der Waals surface area contributed by atoms with Crippen molar-refractivity contribution in [3.8, 4) is 0 Å². The molecule has 2 unspecified atom stereocenters. The van der Waals surface area contributed by atoms with Crippen LogP contribution in [0.25, 0.3) is 0 Å². The Hall–Kier alpha value is -0.890. The number of rotatable bonds is 7. The van der Waals surface area contributed by atoms with Crippen LogP contribution in [0.2, 0.25) is 0 Å². The molecule has 2 N–H and O–H groups in total. The minimum atomic E-state index is -3.58. The maximum absolute atomic E-state index is 12.1. The largest absolute Gasteiger partial charge is 0.447 e. The van der Waals surface area contributed by atoms with Gasteiger partial charge in [-0.15, -0.1) is 0 Å². The summed E-state index contributed by atoms with van der Waals surface area (Å²) in [6.45, 7) is 3.65. The molecule has 114 valence electrons. The summed E-state index contributed by atoms with van der Waals surface area (Å²) < 4.78 is 37.8. The molecule has 0 amide bonds. The molecule has 1 aromatic rings. The zero-order valence-electron chi connectivity index (χ0n) is 11.9. The summed E-state index contributed by atoms with van der Waals surface area (Å²) in [6, 6.07) is 3.15. The third-order valence-electron chi connectivity index (χ3n) is 3.54. The first-order valence-corrected chi connectivity index (χ1v) is 8.39. The van der Waals surface area contributed by atoms with Crippen molar-refractivity contribution in [2.75, 3.05) is 20.2 Å². The highest BCUT2D eigenvalue weighted by atomic mass is 32.2. The average molecular weight is 302 g/mol. The van der Waals surface area contributed by atoms with Gasteiger partial charge in [0.05, 0.1) is 12.6 Å². The Morgan fingerprint density at radius 1 is 1.40 bits per heavy atom. The summed E-state index contributed by atoms with van der Waals surface area (Å²) >= 11 is 0. The lowest BCUT2D eigenvalue weighted by Crippen LogP contribution is -2.32. The van der Waals surface area contributed by atoms with Gasteiger partial charge in [-0.3, -0.25) is 0 Å². The third-order valence-corrected chi connectivity index (χ3v) is 4.83. The lowest BCUT2D eigenvalue weighted by atomic mass is 10.0. The van der Waals surface area contributed by atoms with Gasteiger partial charge in [-0.05, 0) is 32.0 Å². The van der Waals surface area contributed by atoms with E-state index in [9.17, 15) is 8.42 Å². The normalized spacial score (nSPS) is 23.3. The molecule has 20 heavy (non-hydrogen) atoms. The van der Waals surface area contributed by atoms with Crippen molar-refractivity contribution < 1.29 is 17.6 Å². The van der Waals surface area contributed by atoms with Crippen LogP contribution in [0.5, 0.6) is 0 Å². The Morgan fingerprint density at radius 2 is 2.20 bits per heavy atom. The fourth-order valence-electron chi connectivity index (χ4n) is 2.44. The summed E-state index contributed by atoms with van der Waals surface area (Å²) in [7, 11) is -1.80. The zero-order chi connectivity index (χ0) is 14.6. The van der Waals surface area contributed by atoms with Crippen LogP contribution >= 0.6 is 0 Å². The van der Waals surface area contributed by atoms with E-state index in [4.69, 9.17) is 9.15 Å². The van der Waals surface area contributed by atoms with Gasteiger partial charge in [0.25, 0.3) is 10.0 Å². The molecule has 0 spiro atoms. The van der Waals surface area contributed by atoms with Crippen LogP contribution in [0, 0.1) is 5.92 Å². The highest BCUT2D eigenvalue weighted by molar-refractivity contribution is 7.89. The Labute approximate surface area is 119 Å². The van der Waals surface area contributed by atoms with Crippen molar-refractivity contribution in [1.29, 1.82) is 0 Å². The number of ether oxygens (including phenoxy) is 1. The van der Waals surface area contributed by atoms with E-state index in [1.165, 1.54) is 6.07 Å². The van der Waals surface area contributed by atoms with Crippen LogP contribution in [-0.2, 0) is 21.3 Å². The average Bonchev–Trinajstić information content (AvgIpc) is 3.05. The van der Waals surface area contributed by atoms with E-state index >= 15 is 0 Å². The summed E-state index contributed by atoms with van der Waals surface area (Å²) in [5.74, 6) is 0.838. The molecular formula is C13H22N2O4S. The molecule has 0 saturated carbocycles. The van der Waals surface area contributed by atoms with Gasteiger partial charge in [-0.1, -0.05) is 6.92 Å². The molecule has 0 aliphatic carbocycles. The zero-order valence-corrected chi connectivity index (χ0v) is 12.7. The van der Waals surface area contributed by atoms with Gasteiger partial charge in [0.15, 0.2) is 0 Å². The number of nitrogens with one attached hydrogen (secondary N) is 2. The molecule has 1 aliphatic rings. The highest BCUT2D eigenvalue weighted by Crippen LogP contribution is 2.23. The standard InChI is InChI=1S/C13H22N2O4S/c1-3-12-10(6-7-18-12)8-15-20(16,17)13-5-4-11(19-13)9-14-2/h4-5,10,12,14-15H,3,6-9H2,1-2H3. The van der Waals surface area contributed by atoms with Crippen molar-refractivity contribution >= 4 is 10.0 Å². The molecular weight excluding hydrogens is 280 g/mol. The quantitative estimate of drug-likeness (QED) is 0.788. The smallest absolute Gasteiger partial charge is 0.273 e. The summed E-state index contributed by atoms with van der Waals surface area (Å²) in [6.07, 6.45) is 1.94. The Morgan fingerprint density at radius 3 is 2.90 bits per heavy atom. The van der Waals surface area contributed by atoms with Crippen LogP contribution in [0.15, 0.2) is 21.6 Å². The summed E-state index contributed by atoms with van der Waals surface area (Å²) in [5.41, 5.74) is 0. The van der Waals surface area contributed by atoms with Gasteiger partial charge >= 0.3 is 0 Å². The maximum Gasteiger partial charge on any atom is 0.273 e. The maximum atomic E-state index is 12.1. The van der Waals surface area contributed by atoms with Gasteiger partial charge in [-0.2, -0.15) is 0 Å². The molecule has 0 bridgehead atoms. The molecule has 1 aliphatic heterocycles. The Bertz CT molecular complexity index is 526. The van der Waals surface area contributed by atoms with E-state index in [-0.39, 0.29) is 17.1 Å². The first-order chi connectivity index (χ1) is 9.56. The minimum absolute atomic E-state index is 0.0327. The van der Waals surface area contributed by atoms with Gasteiger partial charge in [0.1, 0.15) is 5.76 Å². The van der Waals surface area contributed by atoms with Crippen LogP contribution < -0.4 is 10.0 Å². The second-order valence-corrected chi connectivity index (χ2v) is 6.67. The topological polar surface area (TPSA) is 80.6 Å². The van der Waals surface area contributed by atoms with Gasteiger partial charge in [-0.25, -0.2) is 13.1 Å². The van der Waals surface area contributed by atoms with Crippen LogP contribution in [-0.4, -0.2) is 34.7 Å². The van der Waals surface area contributed by atoms with Crippen molar-refractivity contribution in [3.63, 3.8) is 0 Å². The molecule has 2 rings (SSSR count). The van der Waals surface area contributed by atoms with E-state index in [0.717, 1.165) is 12.8 Å². The molecule has 1 saturated heterocycles. The van der Waals surface area contributed by atoms with Gasteiger partial charge < -0.3 is 14.5 Å². The van der Waals surface area contributed by atoms with Crippen molar-refractivity contribution in [2.45, 2.75) is 37.5 Å². The van der Waals surface area contributed by atoms with Crippen molar-refractivity contribution in [1.82, 2.24) is 10.0 Å². The first kappa shape index (κ1) is 15.5. The third kappa shape index (κ3) is 3.60. The molecule has 2 atom stereocenters. The van der Waals surface area contributed by atoms with Crippen LogP contribution in [0.3, 0.4) is 0 Å². The molecule has 6 nitrogen and oxygen atoms in total. The fourth-order valence-corrected chi connectivity index (χ4v) is 3.48. The van der Waals surface area contributed by atoms with E-state index in [0.29, 0.717) is 25.5 Å². The van der Waals surface area contributed by atoms with Gasteiger partial charge in [0.2, 0.25) is 5.09 Å². The number of hydrogen-bond donors (Lipinski definition) is 2. The molecule has 1 fully saturated rings. The van der Waals surface area contributed by atoms with Gasteiger partial charge in [0, 0.05) is 19.1 Å². The van der Waals surface area contributed by atoms with Crippen LogP contribution in [0.1, 0.15) is 25.5 Å². The van der Waals surface area contributed by atoms with Crippen molar-refractivity contribution in [2.24, 2.45) is 5.92 Å². The SMILES string of the molecule is CCC1OCCC1CNS(=O)(=O)c1ccc(CNC)o1. The molecule has 0 radical (unpaired) electrons. The van der Waals surface area contributed by atoms with E-state index in [2.05, 4.69) is 10.0 Å². The fraction of sp³-hybridized carbons (Fsp3) is 0.692. The molecule has 0 aromatic carbocycles. The van der Waals surface area contributed by atoms with Crippen molar-refractivity contribution in [3.05, 3.63) is 17.9 Å². The van der Waals surface area contributed by atoms with E-state index < -0.39 is 10.0 Å². The molecule has 2 heterocycles. The predicted molar refractivity (Wildman–Crippen MR) is 74.8 cm³/mol. The lowest BCUT2D eigenvalue weighted by Gasteiger charge is -2.16. The number of furan rings is 1. The second-order valence-electron chi connectivity index (χ2n) is 4.97. The highest BCUT2D eigenvalue weighted by Gasteiger charge is 2.29. The lowest BCUT2D eigenvalue weighted by molar-refractivity contribution is 0.0884. The number of hydrogen-bond acceptors (Lipinski definition) is 5. The summed E-state index contributed by atoms with van der Waals surface area (Å²) in [4.78, 5) is 0. The number of sulfonamides is 1. The first-order valence-electron chi connectivity index (χ1n) is 6.91. The Balaban J connectivity index is 1.96. The Kier molecular flexibility index (Phi) is 5.20. The van der Waals surface area contributed by atoms with E-state index in [1.807, 2.05) is 6.92 Å². The summed E-state index contributed by atoms with van der Waals surface area (Å²) in [5, 5.41) is 2.88. The predicted octanol–water partition coefficient (Wildman–Crippen LogP) is 1.09.